The molecule has 1 aromatic carbocycles. The SMILES string of the molecule is Cn1c(-c2cccnc2N)nc2ccc(-n3cccn3)nc21.NC(=O)c1cnc(C(F)F)cn1.c1ccc2c(c1)CCC2. The quantitative estimate of drug-likeness (QED) is 0.308. The molecule has 0 saturated carbocycles. The molecule has 11 nitrogen and oxygen atoms in total. The second kappa shape index (κ2) is 12.9. The van der Waals surface area contributed by atoms with E-state index < -0.39 is 18.0 Å². The summed E-state index contributed by atoms with van der Waals surface area (Å²) in [4.78, 5) is 30.4. The van der Waals surface area contributed by atoms with E-state index in [4.69, 9.17) is 11.5 Å². The number of amides is 1. The fourth-order valence-electron chi connectivity index (χ4n) is 4.53. The van der Waals surface area contributed by atoms with Crippen molar-refractivity contribution in [1.29, 1.82) is 0 Å². The Labute approximate surface area is 245 Å². The van der Waals surface area contributed by atoms with E-state index in [1.807, 2.05) is 48.1 Å². The van der Waals surface area contributed by atoms with Crippen LogP contribution in [0.25, 0.3) is 28.4 Å². The molecule has 5 aromatic heterocycles. The minimum atomic E-state index is -2.68. The molecule has 0 aliphatic heterocycles. The Balaban J connectivity index is 0.000000147. The van der Waals surface area contributed by atoms with Crippen LogP contribution in [0, 0.1) is 0 Å². The molecular formula is C30H28F2N10O. The monoisotopic (exact) mass is 582 g/mol. The fourth-order valence-corrected chi connectivity index (χ4v) is 4.53. The topological polar surface area (TPSA) is 156 Å². The Hall–Kier alpha value is -5.59. The summed E-state index contributed by atoms with van der Waals surface area (Å²) in [5.74, 6) is 1.15. The smallest absolute Gasteiger partial charge is 0.281 e. The first-order valence-electron chi connectivity index (χ1n) is 13.3. The zero-order chi connectivity index (χ0) is 30.3. The Bertz CT molecular complexity index is 1810. The lowest BCUT2D eigenvalue weighted by Gasteiger charge is -2.04. The van der Waals surface area contributed by atoms with Crippen molar-refractivity contribution in [3.8, 4) is 17.2 Å². The van der Waals surface area contributed by atoms with Gasteiger partial charge in [-0.05, 0) is 60.7 Å². The van der Waals surface area contributed by atoms with Gasteiger partial charge < -0.3 is 16.0 Å². The van der Waals surface area contributed by atoms with Crippen molar-refractivity contribution in [1.82, 2.24) is 39.3 Å². The van der Waals surface area contributed by atoms with E-state index in [-0.39, 0.29) is 5.69 Å². The molecule has 0 unspecified atom stereocenters. The predicted molar refractivity (Wildman–Crippen MR) is 157 cm³/mol. The Kier molecular flexibility index (Phi) is 8.70. The van der Waals surface area contributed by atoms with Crippen LogP contribution >= 0.6 is 0 Å². The van der Waals surface area contributed by atoms with Crippen molar-refractivity contribution >= 4 is 22.9 Å². The molecule has 218 valence electrons. The van der Waals surface area contributed by atoms with Crippen molar-refractivity contribution in [2.45, 2.75) is 25.7 Å². The van der Waals surface area contributed by atoms with E-state index in [1.165, 1.54) is 19.3 Å². The fraction of sp³-hybridized carbons (Fsp3) is 0.167. The van der Waals surface area contributed by atoms with Crippen molar-refractivity contribution in [3.05, 3.63) is 108 Å². The minimum Gasteiger partial charge on any atom is -0.383 e. The summed E-state index contributed by atoms with van der Waals surface area (Å²) in [5, 5.41) is 4.20. The number of nitrogens with two attached hydrogens (primary N) is 2. The first-order chi connectivity index (χ1) is 20.8. The first kappa shape index (κ1) is 28.9. The van der Waals surface area contributed by atoms with Gasteiger partial charge in [-0.15, -0.1) is 0 Å². The number of fused-ring (bicyclic) bond motifs is 2. The molecule has 0 atom stereocenters. The summed E-state index contributed by atoms with van der Waals surface area (Å²) >= 11 is 0. The number of hydrogen-bond acceptors (Lipinski definition) is 8. The first-order valence-corrected chi connectivity index (χ1v) is 13.3. The third-order valence-electron chi connectivity index (χ3n) is 6.68. The van der Waals surface area contributed by atoms with E-state index in [0.29, 0.717) is 5.82 Å². The molecule has 7 rings (SSSR count). The van der Waals surface area contributed by atoms with Gasteiger partial charge in [-0.3, -0.25) is 9.78 Å². The van der Waals surface area contributed by atoms with Crippen molar-refractivity contribution in [2.75, 3.05) is 5.73 Å². The number of nitrogen functional groups attached to an aromatic ring is 1. The third-order valence-corrected chi connectivity index (χ3v) is 6.68. The van der Waals surface area contributed by atoms with Crippen LogP contribution in [0.5, 0.6) is 0 Å². The highest BCUT2D eigenvalue weighted by Crippen LogP contribution is 2.26. The lowest BCUT2D eigenvalue weighted by molar-refractivity contribution is 0.0993. The number of hydrogen-bond donors (Lipinski definition) is 2. The molecule has 0 bridgehead atoms. The highest BCUT2D eigenvalue weighted by atomic mass is 19.3. The maximum atomic E-state index is 11.9. The summed E-state index contributed by atoms with van der Waals surface area (Å²) in [6, 6.07) is 18.1. The molecule has 6 aromatic rings. The summed E-state index contributed by atoms with van der Waals surface area (Å²) in [5.41, 5.74) is 15.7. The maximum Gasteiger partial charge on any atom is 0.281 e. The molecule has 13 heteroatoms. The number of imidazole rings is 1. The Morgan fingerprint density at radius 3 is 2.28 bits per heavy atom. The number of aromatic nitrogens is 8. The van der Waals surface area contributed by atoms with Crippen LogP contribution in [0.1, 0.15) is 40.2 Å². The number of aryl methyl sites for hydroxylation is 3. The summed E-state index contributed by atoms with van der Waals surface area (Å²) in [6.07, 6.45) is 8.26. The standard InChI is InChI=1S/C15H13N7.C9H10.C6H5F2N3O/c1-21-14(10-4-2-7-17-13(10)16)19-11-5-6-12(20-15(11)21)22-9-3-8-18-22;1-2-5-9-7-3-6-8(9)4-1;7-5(8)3-1-11-4(2-10-3)6(9)12/h2-9H,1H3,(H2,16,17);1-2,4-5H,3,6-7H2;1-2,5H,(H2,9,12). The molecule has 1 aliphatic rings. The van der Waals surface area contributed by atoms with Gasteiger partial charge in [0.15, 0.2) is 11.5 Å². The number of primary amides is 1. The number of pyridine rings is 2. The average Bonchev–Trinajstić information content (AvgIpc) is 3.79. The van der Waals surface area contributed by atoms with Gasteiger partial charge >= 0.3 is 0 Å². The molecule has 0 fully saturated rings. The van der Waals surface area contributed by atoms with E-state index in [9.17, 15) is 13.6 Å². The number of benzene rings is 1. The number of anilines is 1. The highest BCUT2D eigenvalue weighted by molar-refractivity contribution is 5.90. The summed E-state index contributed by atoms with van der Waals surface area (Å²) in [6.45, 7) is 0. The number of carbonyl (C=O) groups is 1. The van der Waals surface area contributed by atoms with Gasteiger partial charge in [-0.1, -0.05) is 24.3 Å². The van der Waals surface area contributed by atoms with Crippen molar-refractivity contribution in [2.24, 2.45) is 12.8 Å². The van der Waals surface area contributed by atoms with Gasteiger partial charge in [-0.25, -0.2) is 33.4 Å². The molecule has 1 aliphatic carbocycles. The normalized spacial score (nSPS) is 11.8. The number of carbonyl (C=O) groups excluding carboxylic acids is 1. The third kappa shape index (κ3) is 6.67. The molecule has 5 heterocycles. The van der Waals surface area contributed by atoms with Gasteiger partial charge in [-0.2, -0.15) is 5.10 Å². The van der Waals surface area contributed by atoms with Crippen LogP contribution in [0.4, 0.5) is 14.6 Å². The molecule has 1 amide bonds. The van der Waals surface area contributed by atoms with Crippen molar-refractivity contribution in [3.63, 3.8) is 0 Å². The van der Waals surface area contributed by atoms with E-state index in [1.54, 1.807) is 28.2 Å². The zero-order valence-corrected chi connectivity index (χ0v) is 23.2. The highest BCUT2D eigenvalue weighted by Gasteiger charge is 2.15. The van der Waals surface area contributed by atoms with Crippen LogP contribution in [0.2, 0.25) is 0 Å². The molecule has 43 heavy (non-hydrogen) atoms. The molecule has 0 spiro atoms. The van der Waals surface area contributed by atoms with Crippen LogP contribution in [0.3, 0.4) is 0 Å². The second-order valence-corrected chi connectivity index (χ2v) is 9.51. The number of alkyl halides is 2. The van der Waals surface area contributed by atoms with Crippen LogP contribution < -0.4 is 11.5 Å². The summed E-state index contributed by atoms with van der Waals surface area (Å²) in [7, 11) is 1.91. The number of halogens is 2. The van der Waals surface area contributed by atoms with Gasteiger partial charge in [0.05, 0.1) is 18.0 Å². The molecule has 4 N–H and O–H groups in total. The van der Waals surface area contributed by atoms with E-state index >= 15 is 0 Å². The largest absolute Gasteiger partial charge is 0.383 e. The van der Waals surface area contributed by atoms with Gasteiger partial charge in [0.2, 0.25) is 0 Å². The van der Waals surface area contributed by atoms with Crippen LogP contribution in [-0.2, 0) is 19.9 Å². The second-order valence-electron chi connectivity index (χ2n) is 9.51. The van der Waals surface area contributed by atoms with Crippen molar-refractivity contribution < 1.29 is 13.6 Å². The van der Waals surface area contributed by atoms with E-state index in [0.717, 1.165) is 40.8 Å². The number of rotatable bonds is 4. The van der Waals surface area contributed by atoms with Gasteiger partial charge in [0, 0.05) is 25.6 Å². The van der Waals surface area contributed by atoms with Gasteiger partial charge in [0.25, 0.3) is 12.3 Å². The zero-order valence-electron chi connectivity index (χ0n) is 23.2. The Morgan fingerprint density at radius 1 is 0.907 bits per heavy atom. The van der Waals surface area contributed by atoms with Crippen LogP contribution in [0.15, 0.2) is 85.6 Å². The number of nitrogens with zero attached hydrogens (tertiary/aromatic N) is 8. The lowest BCUT2D eigenvalue weighted by Crippen LogP contribution is -2.13. The summed E-state index contributed by atoms with van der Waals surface area (Å²) < 4.78 is 27.4. The van der Waals surface area contributed by atoms with Crippen LogP contribution in [-0.4, -0.2) is 45.2 Å². The molecule has 0 radical (unpaired) electrons. The average molecular weight is 583 g/mol. The molecule has 0 saturated heterocycles. The maximum absolute atomic E-state index is 11.9. The Morgan fingerprint density at radius 2 is 1.67 bits per heavy atom. The molecular weight excluding hydrogens is 554 g/mol. The van der Waals surface area contributed by atoms with Gasteiger partial charge in [0.1, 0.15) is 28.5 Å². The minimum absolute atomic E-state index is 0.126. The lowest BCUT2D eigenvalue weighted by atomic mass is 10.1. The predicted octanol–water partition coefficient (Wildman–Crippen LogP) is 4.49. The van der Waals surface area contributed by atoms with E-state index in [2.05, 4.69) is 54.3 Å².